The lowest BCUT2D eigenvalue weighted by molar-refractivity contribution is -0.133. The number of benzene rings is 1. The molecule has 4 unspecified atom stereocenters. The molecule has 4 nitrogen and oxygen atoms in total. The minimum atomic E-state index is -0.340. The van der Waals surface area contributed by atoms with Gasteiger partial charge in [-0.2, -0.15) is 0 Å². The Morgan fingerprint density at radius 2 is 2.14 bits per heavy atom. The summed E-state index contributed by atoms with van der Waals surface area (Å²) in [6.07, 6.45) is 1.11. The average Bonchev–Trinajstić information content (AvgIpc) is 2.46. The molecule has 0 heterocycles. The molecule has 1 aromatic carbocycles. The first-order chi connectivity index (χ1) is 10.1. The summed E-state index contributed by atoms with van der Waals surface area (Å²) in [5, 5.41) is 3.47. The highest BCUT2D eigenvalue weighted by atomic mass is 19.1. The largest absolute Gasteiger partial charge is 0.494 e. The molecule has 0 radical (unpaired) electrons. The zero-order chi connectivity index (χ0) is 15.4. The van der Waals surface area contributed by atoms with E-state index in [0.717, 1.165) is 12.0 Å². The second kappa shape index (κ2) is 7.20. The van der Waals surface area contributed by atoms with Crippen molar-refractivity contribution in [1.29, 1.82) is 0 Å². The van der Waals surface area contributed by atoms with E-state index in [4.69, 9.17) is 14.2 Å². The van der Waals surface area contributed by atoms with E-state index in [1.807, 2.05) is 19.9 Å². The number of methoxy groups -OCH3 is 2. The third-order valence-electron chi connectivity index (χ3n) is 4.04. The monoisotopic (exact) mass is 297 g/mol. The first-order valence-corrected chi connectivity index (χ1v) is 7.34. The van der Waals surface area contributed by atoms with Crippen LogP contribution in [0, 0.1) is 5.82 Å². The van der Waals surface area contributed by atoms with Gasteiger partial charge < -0.3 is 19.5 Å². The molecule has 0 aliphatic heterocycles. The van der Waals surface area contributed by atoms with E-state index in [0.29, 0.717) is 6.61 Å². The fourth-order valence-corrected chi connectivity index (χ4v) is 2.81. The van der Waals surface area contributed by atoms with Crippen molar-refractivity contribution in [3.63, 3.8) is 0 Å². The van der Waals surface area contributed by atoms with Gasteiger partial charge in [0, 0.05) is 25.8 Å². The molecule has 1 aliphatic rings. The highest BCUT2D eigenvalue weighted by Gasteiger charge is 2.42. The van der Waals surface area contributed by atoms with Gasteiger partial charge in [-0.3, -0.25) is 0 Å². The van der Waals surface area contributed by atoms with Crippen molar-refractivity contribution in [3.05, 3.63) is 29.6 Å². The number of ether oxygens (including phenoxy) is 3. The third kappa shape index (κ3) is 3.54. The quantitative estimate of drug-likeness (QED) is 0.840. The molecule has 0 amide bonds. The van der Waals surface area contributed by atoms with Gasteiger partial charge in [-0.1, -0.05) is 6.07 Å². The summed E-state index contributed by atoms with van der Waals surface area (Å²) in [5.74, 6) is -0.0754. The molecule has 1 aliphatic carbocycles. The fraction of sp³-hybridized carbons (Fsp3) is 0.625. The Kier molecular flexibility index (Phi) is 5.56. The van der Waals surface area contributed by atoms with Gasteiger partial charge in [0.2, 0.25) is 0 Å². The molecule has 0 spiro atoms. The van der Waals surface area contributed by atoms with Gasteiger partial charge in [-0.05, 0) is 38.0 Å². The fourth-order valence-electron chi connectivity index (χ4n) is 2.81. The summed E-state index contributed by atoms with van der Waals surface area (Å²) in [6.45, 7) is 4.69. The molecule has 0 bridgehead atoms. The van der Waals surface area contributed by atoms with Crippen LogP contribution in [0.5, 0.6) is 5.75 Å². The molecular weight excluding hydrogens is 273 g/mol. The van der Waals surface area contributed by atoms with E-state index in [-0.39, 0.29) is 35.9 Å². The van der Waals surface area contributed by atoms with Crippen LogP contribution in [-0.4, -0.2) is 39.1 Å². The molecular formula is C16H24FNO3. The van der Waals surface area contributed by atoms with Gasteiger partial charge in [0.25, 0.3) is 0 Å². The lowest BCUT2D eigenvalue weighted by Crippen LogP contribution is -2.60. The highest BCUT2D eigenvalue weighted by molar-refractivity contribution is 5.31. The van der Waals surface area contributed by atoms with Gasteiger partial charge in [-0.25, -0.2) is 4.39 Å². The third-order valence-corrected chi connectivity index (χ3v) is 4.04. The topological polar surface area (TPSA) is 39.7 Å². The molecule has 1 fully saturated rings. The van der Waals surface area contributed by atoms with Crippen LogP contribution in [-0.2, 0) is 9.47 Å². The molecule has 1 aromatic rings. The van der Waals surface area contributed by atoms with Crippen molar-refractivity contribution in [2.24, 2.45) is 0 Å². The minimum Gasteiger partial charge on any atom is -0.494 e. The van der Waals surface area contributed by atoms with E-state index in [1.165, 1.54) is 13.2 Å². The van der Waals surface area contributed by atoms with Gasteiger partial charge >= 0.3 is 0 Å². The zero-order valence-corrected chi connectivity index (χ0v) is 13.1. The van der Waals surface area contributed by atoms with E-state index in [1.54, 1.807) is 13.2 Å². The second-order valence-corrected chi connectivity index (χ2v) is 5.32. The van der Waals surface area contributed by atoms with Crippen LogP contribution in [0.25, 0.3) is 0 Å². The van der Waals surface area contributed by atoms with Gasteiger partial charge in [0.1, 0.15) is 0 Å². The van der Waals surface area contributed by atoms with Crippen molar-refractivity contribution in [1.82, 2.24) is 5.32 Å². The van der Waals surface area contributed by atoms with Crippen LogP contribution >= 0.6 is 0 Å². The number of rotatable bonds is 7. The minimum absolute atomic E-state index is 0.0376. The Hall–Kier alpha value is -1.17. The molecule has 4 atom stereocenters. The molecule has 1 saturated carbocycles. The summed E-state index contributed by atoms with van der Waals surface area (Å²) in [5.41, 5.74) is 0.892. The SMILES string of the molecule is CCOC1CC(NC(C)c2ccc(OC)c(F)c2)C1OC. The first kappa shape index (κ1) is 16.2. The maximum absolute atomic E-state index is 13.8. The summed E-state index contributed by atoms with van der Waals surface area (Å²) >= 11 is 0. The van der Waals surface area contributed by atoms with Crippen LogP contribution in [0.15, 0.2) is 18.2 Å². The second-order valence-electron chi connectivity index (χ2n) is 5.32. The Labute approximate surface area is 125 Å². The van der Waals surface area contributed by atoms with Crippen LogP contribution in [0.3, 0.4) is 0 Å². The maximum atomic E-state index is 13.8. The van der Waals surface area contributed by atoms with Crippen molar-refractivity contribution >= 4 is 0 Å². The van der Waals surface area contributed by atoms with Crippen molar-refractivity contribution in [2.75, 3.05) is 20.8 Å². The molecule has 5 heteroatoms. The summed E-state index contributed by atoms with van der Waals surface area (Å²) in [6, 6.07) is 5.31. The summed E-state index contributed by atoms with van der Waals surface area (Å²) in [4.78, 5) is 0. The molecule has 118 valence electrons. The zero-order valence-electron chi connectivity index (χ0n) is 13.1. The van der Waals surface area contributed by atoms with E-state index in [2.05, 4.69) is 5.32 Å². The van der Waals surface area contributed by atoms with Crippen LogP contribution in [0.4, 0.5) is 4.39 Å². The molecule has 1 N–H and O–H groups in total. The molecule has 2 rings (SSSR count). The van der Waals surface area contributed by atoms with Crippen LogP contribution < -0.4 is 10.1 Å². The summed E-state index contributed by atoms with van der Waals surface area (Å²) < 4.78 is 29.8. The van der Waals surface area contributed by atoms with Gasteiger partial charge in [-0.15, -0.1) is 0 Å². The molecule has 0 aromatic heterocycles. The summed E-state index contributed by atoms with van der Waals surface area (Å²) in [7, 11) is 3.16. The number of nitrogens with one attached hydrogen (secondary N) is 1. The lowest BCUT2D eigenvalue weighted by atomic mass is 9.84. The Balaban J connectivity index is 1.95. The first-order valence-electron chi connectivity index (χ1n) is 7.34. The Morgan fingerprint density at radius 3 is 2.71 bits per heavy atom. The average molecular weight is 297 g/mol. The number of hydrogen-bond acceptors (Lipinski definition) is 4. The van der Waals surface area contributed by atoms with Crippen LogP contribution in [0.2, 0.25) is 0 Å². The Bertz CT molecular complexity index is 469. The smallest absolute Gasteiger partial charge is 0.165 e. The normalized spacial score (nSPS) is 26.2. The van der Waals surface area contributed by atoms with Crippen molar-refractivity contribution in [2.45, 2.75) is 44.6 Å². The Morgan fingerprint density at radius 1 is 1.38 bits per heavy atom. The standard InChI is InChI=1S/C16H24FNO3/c1-5-21-15-9-13(16(15)20-4)18-10(2)11-6-7-14(19-3)12(17)8-11/h6-8,10,13,15-16,18H,5,9H2,1-4H3. The molecule has 21 heavy (non-hydrogen) atoms. The highest BCUT2D eigenvalue weighted by Crippen LogP contribution is 2.30. The van der Waals surface area contributed by atoms with Gasteiger partial charge in [0.05, 0.1) is 19.3 Å². The lowest BCUT2D eigenvalue weighted by Gasteiger charge is -2.44. The van der Waals surface area contributed by atoms with Gasteiger partial charge in [0.15, 0.2) is 11.6 Å². The van der Waals surface area contributed by atoms with Crippen molar-refractivity contribution in [3.8, 4) is 5.75 Å². The predicted octanol–water partition coefficient (Wildman–Crippen LogP) is 2.68. The van der Waals surface area contributed by atoms with Crippen LogP contribution in [0.1, 0.15) is 31.9 Å². The van der Waals surface area contributed by atoms with E-state index < -0.39 is 0 Å². The van der Waals surface area contributed by atoms with E-state index in [9.17, 15) is 4.39 Å². The number of halogens is 1. The van der Waals surface area contributed by atoms with E-state index >= 15 is 0 Å². The number of hydrogen-bond donors (Lipinski definition) is 1. The predicted molar refractivity (Wildman–Crippen MR) is 79.1 cm³/mol. The van der Waals surface area contributed by atoms with Crippen molar-refractivity contribution < 1.29 is 18.6 Å². The molecule has 0 saturated heterocycles. The maximum Gasteiger partial charge on any atom is 0.165 e.